The number of nitrogens with one attached hydrogen (secondary N) is 1. The lowest BCUT2D eigenvalue weighted by molar-refractivity contribution is 0.0114. The smallest absolute Gasteiger partial charge is 0.311 e. The minimum absolute atomic E-state index is 0.0185. The van der Waals surface area contributed by atoms with E-state index in [2.05, 4.69) is 15.3 Å². The van der Waals surface area contributed by atoms with E-state index < -0.39 is 23.2 Å². The van der Waals surface area contributed by atoms with E-state index in [1.807, 2.05) is 11.0 Å². The number of carbonyl (C=O) groups excluding carboxylic acids is 1. The van der Waals surface area contributed by atoms with Crippen LogP contribution in [-0.2, 0) is 5.60 Å². The van der Waals surface area contributed by atoms with E-state index in [0.717, 1.165) is 0 Å². The normalized spacial score (nSPS) is 13.9. The van der Waals surface area contributed by atoms with E-state index in [1.54, 1.807) is 48.5 Å². The van der Waals surface area contributed by atoms with Crippen molar-refractivity contribution in [2.24, 2.45) is 0 Å². The van der Waals surface area contributed by atoms with Crippen LogP contribution in [0.25, 0.3) is 11.5 Å². The molecule has 1 fully saturated rings. The number of amides is 1. The van der Waals surface area contributed by atoms with Crippen LogP contribution in [0.5, 0.6) is 0 Å². The fraction of sp³-hybridized carbons (Fsp3) is 0.192. The molecule has 0 saturated carbocycles. The number of aromatic nitrogens is 2. The Labute approximate surface area is 218 Å². The van der Waals surface area contributed by atoms with Crippen LogP contribution < -0.4 is 10.2 Å². The molecule has 4 aromatic rings. The number of piperidine rings is 1. The second kappa shape index (κ2) is 13.4. The molecule has 7 nitrogen and oxygen atoms in total. The van der Waals surface area contributed by atoms with Gasteiger partial charge in [0.2, 0.25) is 11.6 Å². The maximum absolute atomic E-state index is 14.2. The van der Waals surface area contributed by atoms with Gasteiger partial charge in [-0.25, -0.2) is 14.4 Å². The first-order valence-corrected chi connectivity index (χ1v) is 11.4. The van der Waals surface area contributed by atoms with Crippen molar-refractivity contribution in [1.82, 2.24) is 9.97 Å². The van der Waals surface area contributed by atoms with Crippen LogP contribution in [0.2, 0.25) is 0 Å². The maximum Gasteiger partial charge on any atom is 0.311 e. The first kappa shape index (κ1) is 29.2. The number of benzene rings is 2. The lowest BCUT2D eigenvalue weighted by Crippen LogP contribution is -2.43. The van der Waals surface area contributed by atoms with Crippen molar-refractivity contribution in [2.75, 3.05) is 23.3 Å². The molecule has 0 spiro atoms. The van der Waals surface area contributed by atoms with Gasteiger partial charge < -0.3 is 19.7 Å². The van der Waals surface area contributed by atoms with Crippen LogP contribution in [0, 0.1) is 11.8 Å². The molecule has 39 heavy (non-hydrogen) atoms. The summed E-state index contributed by atoms with van der Waals surface area (Å²) >= 11 is 0. The Morgan fingerprint density at radius 3 is 2.26 bits per heavy atom. The minimum atomic E-state index is -1.09. The predicted molar refractivity (Wildman–Crippen MR) is 130 cm³/mol. The Morgan fingerprint density at radius 2 is 1.64 bits per heavy atom. The summed E-state index contributed by atoms with van der Waals surface area (Å²) < 4.78 is 64.8. The van der Waals surface area contributed by atoms with Gasteiger partial charge in [-0.2, -0.15) is 4.39 Å². The van der Waals surface area contributed by atoms with Gasteiger partial charge in [-0.3, -0.25) is 4.79 Å². The Hall–Kier alpha value is -4.39. The summed E-state index contributed by atoms with van der Waals surface area (Å²) in [5, 5.41) is 13.6. The van der Waals surface area contributed by atoms with Crippen molar-refractivity contribution in [3.05, 3.63) is 96.0 Å². The molecule has 1 saturated heterocycles. The van der Waals surface area contributed by atoms with Gasteiger partial charge >= 0.3 is 6.01 Å². The van der Waals surface area contributed by atoms with Crippen LogP contribution in [0.1, 0.15) is 28.9 Å². The molecule has 206 valence electrons. The molecule has 1 aliphatic heterocycles. The van der Waals surface area contributed by atoms with Gasteiger partial charge in [0.25, 0.3) is 5.91 Å². The van der Waals surface area contributed by atoms with Gasteiger partial charge in [0.05, 0.1) is 17.5 Å². The van der Waals surface area contributed by atoms with E-state index >= 15 is 0 Å². The fourth-order valence-electron chi connectivity index (χ4n) is 4.16. The Morgan fingerprint density at radius 1 is 0.949 bits per heavy atom. The number of rotatable bonds is 5. The summed E-state index contributed by atoms with van der Waals surface area (Å²) in [5.74, 6) is -0.436. The molecular formula is C26H22F6N4O3. The third-order valence-corrected chi connectivity index (χ3v) is 6.10. The summed E-state index contributed by atoms with van der Waals surface area (Å²) in [4.78, 5) is 22.9. The standard InChI is InChI=1S/C26H22F2N4O3.2F2/c27-19-8-4-7-18(15-19)26(34)11-13-32(14-12-26)21-10-9-20(16-29-21)30-24(33)22-23(28)35-25(31-22)17-5-2-1-3-6-17;2*1-2/h1-10,15-16,34H,11-14H2,(H,30,33);;. The third kappa shape index (κ3) is 6.93. The van der Waals surface area contributed by atoms with E-state index in [0.29, 0.717) is 48.6 Å². The number of oxazole rings is 1. The molecule has 0 atom stereocenters. The molecule has 5 rings (SSSR count). The van der Waals surface area contributed by atoms with Crippen molar-refractivity contribution in [3.8, 4) is 11.5 Å². The van der Waals surface area contributed by atoms with Crippen LogP contribution in [0.4, 0.5) is 38.6 Å². The van der Waals surface area contributed by atoms with E-state index in [1.165, 1.54) is 18.3 Å². The highest BCUT2D eigenvalue weighted by atomic mass is 20.0. The summed E-state index contributed by atoms with van der Waals surface area (Å²) in [6.07, 6.45) is 2.31. The third-order valence-electron chi connectivity index (χ3n) is 6.10. The highest BCUT2D eigenvalue weighted by Crippen LogP contribution is 2.34. The predicted octanol–water partition coefficient (Wildman–Crippen LogP) is 6.44. The zero-order chi connectivity index (χ0) is 28.4. The Balaban J connectivity index is 0.00000100. The molecule has 0 radical (unpaired) electrons. The van der Waals surface area contributed by atoms with Crippen molar-refractivity contribution >= 4 is 17.4 Å². The maximum atomic E-state index is 14.2. The number of carbonyl (C=O) groups is 1. The average Bonchev–Trinajstić information content (AvgIpc) is 3.38. The summed E-state index contributed by atoms with van der Waals surface area (Å²) in [7, 11) is 0. The van der Waals surface area contributed by atoms with Gasteiger partial charge in [0.15, 0.2) is 0 Å². The van der Waals surface area contributed by atoms with E-state index in [4.69, 9.17) is 22.7 Å². The second-order valence-corrected chi connectivity index (χ2v) is 8.40. The summed E-state index contributed by atoms with van der Waals surface area (Å²) in [6, 6.07) is 17.1. The van der Waals surface area contributed by atoms with Crippen LogP contribution >= 0.6 is 0 Å². The summed E-state index contributed by atoms with van der Waals surface area (Å²) in [5.41, 5.74) is -0.0375. The van der Waals surface area contributed by atoms with Crippen molar-refractivity contribution in [3.63, 3.8) is 0 Å². The van der Waals surface area contributed by atoms with Crippen LogP contribution in [-0.4, -0.2) is 34.1 Å². The highest BCUT2D eigenvalue weighted by Gasteiger charge is 2.34. The monoisotopic (exact) mass is 552 g/mol. The molecule has 0 bridgehead atoms. The van der Waals surface area contributed by atoms with Crippen LogP contribution in [0.3, 0.4) is 0 Å². The zero-order valence-corrected chi connectivity index (χ0v) is 20.1. The molecular weight excluding hydrogens is 530 g/mol. The first-order chi connectivity index (χ1) is 18.9. The number of anilines is 2. The lowest BCUT2D eigenvalue weighted by atomic mass is 9.84. The zero-order valence-electron chi connectivity index (χ0n) is 20.1. The number of hydrogen-bond acceptors (Lipinski definition) is 6. The molecule has 3 heterocycles. The largest absolute Gasteiger partial charge is 0.410 e. The first-order valence-electron chi connectivity index (χ1n) is 11.4. The van der Waals surface area contributed by atoms with Gasteiger partial charge in [0.1, 0.15) is 11.6 Å². The highest BCUT2D eigenvalue weighted by molar-refractivity contribution is 6.03. The quantitative estimate of drug-likeness (QED) is 0.277. The Bertz CT molecular complexity index is 1350. The Kier molecular flexibility index (Phi) is 10.0. The molecule has 1 amide bonds. The molecule has 1 aliphatic rings. The van der Waals surface area contributed by atoms with Crippen molar-refractivity contribution < 1.29 is 41.4 Å². The van der Waals surface area contributed by atoms with Gasteiger partial charge in [0, 0.05) is 36.9 Å². The van der Waals surface area contributed by atoms with Crippen molar-refractivity contribution in [1.29, 1.82) is 0 Å². The fourth-order valence-corrected chi connectivity index (χ4v) is 4.16. The number of pyridine rings is 1. The molecule has 2 N–H and O–H groups in total. The number of hydrogen-bond donors (Lipinski definition) is 2. The lowest BCUT2D eigenvalue weighted by Gasteiger charge is -2.39. The van der Waals surface area contributed by atoms with Crippen molar-refractivity contribution in [2.45, 2.75) is 18.4 Å². The number of nitrogens with zero attached hydrogens (tertiary/aromatic N) is 3. The average molecular weight is 552 g/mol. The molecule has 0 unspecified atom stereocenters. The molecule has 0 aliphatic carbocycles. The topological polar surface area (TPSA) is 91.5 Å². The molecule has 2 aromatic heterocycles. The van der Waals surface area contributed by atoms with Gasteiger partial charge in [-0.1, -0.05) is 30.3 Å². The van der Waals surface area contributed by atoms with Gasteiger partial charge in [-0.05, 0) is 54.8 Å². The second-order valence-electron chi connectivity index (χ2n) is 8.40. The molecule has 13 heteroatoms. The van der Waals surface area contributed by atoms with Gasteiger partial charge in [-0.15, -0.1) is 0 Å². The number of aliphatic hydroxyl groups is 1. The molecule has 2 aromatic carbocycles. The van der Waals surface area contributed by atoms with Crippen LogP contribution in [0.15, 0.2) is 77.3 Å². The SMILES string of the molecule is FF.FF.O=C(Nc1ccc(N2CCC(O)(c3cccc(F)c3)CC2)nc1)c1nc(-c2ccccc2)oc1F. The number of halogens is 6. The van der Waals surface area contributed by atoms with E-state index in [9.17, 15) is 18.7 Å². The minimum Gasteiger partial charge on any atom is -0.410 e. The van der Waals surface area contributed by atoms with E-state index in [-0.39, 0.29) is 11.7 Å². The summed E-state index contributed by atoms with van der Waals surface area (Å²) in [6.45, 7) is 1.05.